The van der Waals surface area contributed by atoms with Crippen molar-refractivity contribution >= 4 is 34.8 Å². The molecule has 9 heteroatoms. The van der Waals surface area contributed by atoms with E-state index in [1.165, 1.54) is 44.6 Å². The first kappa shape index (κ1) is 28.7. The van der Waals surface area contributed by atoms with Crippen molar-refractivity contribution in [3.8, 4) is 11.5 Å². The van der Waals surface area contributed by atoms with E-state index in [4.69, 9.17) is 14.2 Å². The van der Waals surface area contributed by atoms with Crippen molar-refractivity contribution in [2.24, 2.45) is 0 Å². The van der Waals surface area contributed by atoms with Crippen LogP contribution >= 0.6 is 11.8 Å². The van der Waals surface area contributed by atoms with Gasteiger partial charge in [0.2, 0.25) is 12.7 Å². The fraction of sp³-hybridized carbons (Fsp3) is 0.630. The van der Waals surface area contributed by atoms with Crippen LogP contribution in [0.5, 0.6) is 11.5 Å². The summed E-state index contributed by atoms with van der Waals surface area (Å²) in [5, 5.41) is 0.514. The number of hydrogen-bond donors (Lipinski definition) is 0. The normalized spacial score (nSPS) is 19.3. The zero-order valence-corrected chi connectivity index (χ0v) is 23.3. The Hall–Kier alpha value is -1.84. The number of carbonyl (C=O) groups is 2. The number of benzene rings is 1. The summed E-state index contributed by atoms with van der Waals surface area (Å²) in [6, 6.07) is 6.01. The van der Waals surface area contributed by atoms with Gasteiger partial charge in [0.25, 0.3) is 0 Å². The SMILES string of the molecule is CC(=O)OCC1=CN2C(=O)C[C@H]2SC1.CCCCCCCC[S+]([O-])C(C)Cc1ccc2c(c1)OCO2. The topological polar surface area (TPSA) is 88.1 Å². The standard InChI is InChI=1S/C18H28O3S.C9H11NO3S/c1-3-4-5-6-7-8-11-22(19)15(2)12-16-9-10-17-18(13-16)21-14-20-17;1-6(11)13-4-7-3-10-8(12)2-9(10)14-5-7/h9-10,13,15H,3-8,11-12,14H2,1-2H3;3,9H,2,4-5H2,1H3/t;9-/m.1/s1. The van der Waals surface area contributed by atoms with Gasteiger partial charge in [-0.25, -0.2) is 0 Å². The molecule has 0 bridgehead atoms. The Balaban J connectivity index is 0.000000221. The van der Waals surface area contributed by atoms with E-state index in [9.17, 15) is 14.1 Å². The van der Waals surface area contributed by atoms with Crippen LogP contribution in [0.2, 0.25) is 0 Å². The van der Waals surface area contributed by atoms with E-state index in [0.717, 1.165) is 41.4 Å². The quantitative estimate of drug-likeness (QED) is 0.157. The van der Waals surface area contributed by atoms with E-state index in [-0.39, 0.29) is 17.1 Å². The highest BCUT2D eigenvalue weighted by Crippen LogP contribution is 2.35. The van der Waals surface area contributed by atoms with Crippen LogP contribution in [-0.2, 0) is 31.9 Å². The number of nitrogens with zero attached hydrogens (tertiary/aromatic N) is 1. The predicted molar refractivity (Wildman–Crippen MR) is 145 cm³/mol. The maximum Gasteiger partial charge on any atom is 0.302 e. The molecule has 0 aliphatic carbocycles. The molecule has 0 spiro atoms. The lowest BCUT2D eigenvalue weighted by Crippen LogP contribution is -2.49. The Morgan fingerprint density at radius 3 is 2.72 bits per heavy atom. The highest BCUT2D eigenvalue weighted by atomic mass is 32.2. The van der Waals surface area contributed by atoms with Gasteiger partial charge in [-0.2, -0.15) is 0 Å². The molecular formula is C27H39NO6S2. The van der Waals surface area contributed by atoms with Crippen LogP contribution in [0.4, 0.5) is 0 Å². The van der Waals surface area contributed by atoms with Gasteiger partial charge >= 0.3 is 5.97 Å². The second kappa shape index (κ2) is 14.8. The molecule has 4 rings (SSSR count). The Morgan fingerprint density at radius 1 is 1.22 bits per heavy atom. The van der Waals surface area contributed by atoms with Crippen LogP contribution < -0.4 is 9.47 Å². The van der Waals surface area contributed by atoms with Crippen LogP contribution in [0.1, 0.15) is 71.3 Å². The summed E-state index contributed by atoms with van der Waals surface area (Å²) in [5.41, 5.74) is 2.17. The summed E-state index contributed by atoms with van der Waals surface area (Å²) in [7, 11) is 0. The summed E-state index contributed by atoms with van der Waals surface area (Å²) >= 11 is 0.979. The number of carbonyl (C=O) groups excluding carboxylic acids is 2. The van der Waals surface area contributed by atoms with Gasteiger partial charge in [0, 0.05) is 25.3 Å². The first-order chi connectivity index (χ1) is 17.4. The fourth-order valence-electron chi connectivity index (χ4n) is 4.12. The lowest BCUT2D eigenvalue weighted by Gasteiger charge is -2.40. The van der Waals surface area contributed by atoms with Crippen molar-refractivity contribution in [1.29, 1.82) is 0 Å². The van der Waals surface area contributed by atoms with Crippen LogP contribution in [-0.4, -0.2) is 56.9 Å². The third kappa shape index (κ3) is 8.92. The summed E-state index contributed by atoms with van der Waals surface area (Å²) in [6.45, 7) is 6.30. The van der Waals surface area contributed by atoms with Gasteiger partial charge in [0.15, 0.2) is 11.5 Å². The second-order valence-corrected chi connectivity index (χ2v) is 12.5. The first-order valence-corrected chi connectivity index (χ1v) is 15.3. The minimum absolute atomic E-state index is 0.155. The van der Waals surface area contributed by atoms with Crippen LogP contribution in [0.15, 0.2) is 30.0 Å². The molecule has 3 aliphatic heterocycles. The maximum atomic E-state index is 12.3. The summed E-state index contributed by atoms with van der Waals surface area (Å²) in [5.74, 6) is 3.17. The minimum atomic E-state index is -0.743. The number of esters is 1. The number of hydrogen-bond acceptors (Lipinski definition) is 7. The molecular weight excluding hydrogens is 498 g/mol. The number of rotatable bonds is 12. The first-order valence-electron chi connectivity index (χ1n) is 12.9. The molecule has 2 unspecified atom stereocenters. The molecule has 7 nitrogen and oxygen atoms in total. The molecule has 1 aromatic rings. The molecule has 36 heavy (non-hydrogen) atoms. The van der Waals surface area contributed by atoms with E-state index in [0.29, 0.717) is 25.2 Å². The molecule has 1 saturated heterocycles. The average Bonchev–Trinajstić information content (AvgIpc) is 3.33. The largest absolute Gasteiger partial charge is 0.616 e. The fourth-order valence-corrected chi connectivity index (χ4v) is 6.56. The molecule has 1 fully saturated rings. The van der Waals surface area contributed by atoms with E-state index >= 15 is 0 Å². The van der Waals surface area contributed by atoms with Crippen molar-refractivity contribution in [2.75, 3.05) is 24.9 Å². The molecule has 0 radical (unpaired) electrons. The van der Waals surface area contributed by atoms with Crippen molar-refractivity contribution in [3.63, 3.8) is 0 Å². The van der Waals surface area contributed by atoms with Gasteiger partial charge in [0.05, 0.1) is 11.8 Å². The molecule has 3 atom stereocenters. The number of unbranched alkanes of at least 4 members (excludes halogenated alkanes) is 5. The Bertz CT molecular complexity index is 908. The Morgan fingerprint density at radius 2 is 1.97 bits per heavy atom. The number of β-lactam (4-membered cyclic amide) rings is 1. The molecule has 200 valence electrons. The summed E-state index contributed by atoms with van der Waals surface area (Å²) in [6.07, 6.45) is 10.8. The molecule has 3 aliphatic rings. The molecule has 0 saturated carbocycles. The Kier molecular flexibility index (Phi) is 11.8. The predicted octanol–water partition coefficient (Wildman–Crippen LogP) is 5.19. The van der Waals surface area contributed by atoms with Gasteiger partial charge in [-0.3, -0.25) is 9.59 Å². The molecule has 0 aromatic heterocycles. The molecule has 0 N–H and O–H groups in total. The van der Waals surface area contributed by atoms with E-state index in [1.54, 1.807) is 16.7 Å². The van der Waals surface area contributed by atoms with Gasteiger partial charge in [-0.1, -0.05) is 49.8 Å². The third-order valence-electron chi connectivity index (χ3n) is 6.30. The van der Waals surface area contributed by atoms with E-state index in [2.05, 4.69) is 13.8 Å². The van der Waals surface area contributed by atoms with Crippen molar-refractivity contribution in [1.82, 2.24) is 4.90 Å². The van der Waals surface area contributed by atoms with Crippen molar-refractivity contribution in [2.45, 2.75) is 82.8 Å². The maximum absolute atomic E-state index is 12.3. The smallest absolute Gasteiger partial charge is 0.302 e. The zero-order chi connectivity index (χ0) is 25.9. The van der Waals surface area contributed by atoms with Crippen molar-refractivity contribution < 1.29 is 28.4 Å². The molecule has 1 amide bonds. The molecule has 1 aromatic carbocycles. The second-order valence-electron chi connectivity index (χ2n) is 9.39. The van der Waals surface area contributed by atoms with E-state index in [1.807, 2.05) is 24.4 Å². The van der Waals surface area contributed by atoms with Crippen molar-refractivity contribution in [3.05, 3.63) is 35.5 Å². The number of thioether (sulfide) groups is 1. The molecule has 3 heterocycles. The highest BCUT2D eigenvalue weighted by molar-refractivity contribution is 8.00. The number of fused-ring (bicyclic) bond motifs is 2. The summed E-state index contributed by atoms with van der Waals surface area (Å²) < 4.78 is 27.9. The van der Waals surface area contributed by atoms with Crippen LogP contribution in [0, 0.1) is 0 Å². The third-order valence-corrected chi connectivity index (χ3v) is 9.37. The average molecular weight is 538 g/mol. The van der Waals surface area contributed by atoms with Gasteiger partial charge in [-0.05, 0) is 43.0 Å². The minimum Gasteiger partial charge on any atom is -0.616 e. The monoisotopic (exact) mass is 537 g/mol. The summed E-state index contributed by atoms with van der Waals surface area (Å²) in [4.78, 5) is 23.4. The lowest BCUT2D eigenvalue weighted by molar-refractivity contribution is -0.139. The number of amides is 1. The highest BCUT2D eigenvalue weighted by Gasteiger charge is 2.37. The van der Waals surface area contributed by atoms with Gasteiger partial charge in [-0.15, -0.1) is 11.8 Å². The van der Waals surface area contributed by atoms with Crippen LogP contribution in [0.3, 0.4) is 0 Å². The van der Waals surface area contributed by atoms with E-state index < -0.39 is 11.2 Å². The lowest BCUT2D eigenvalue weighted by atomic mass is 10.1. The zero-order valence-electron chi connectivity index (χ0n) is 21.7. The Labute approximate surface area is 222 Å². The van der Waals surface area contributed by atoms with Crippen LogP contribution in [0.25, 0.3) is 0 Å². The van der Waals surface area contributed by atoms with Gasteiger partial charge < -0.3 is 23.7 Å². The van der Waals surface area contributed by atoms with Gasteiger partial charge in [0.1, 0.15) is 17.6 Å². The number of ether oxygens (including phenoxy) is 3.